The van der Waals surface area contributed by atoms with Crippen molar-refractivity contribution in [2.75, 3.05) is 0 Å². The summed E-state index contributed by atoms with van der Waals surface area (Å²) < 4.78 is 11.3. The molecule has 0 bridgehead atoms. The van der Waals surface area contributed by atoms with Crippen LogP contribution >= 0.6 is 0 Å². The molecule has 0 saturated carbocycles. The standard InChI is InChI=1S/4C8H9NO.2FH.2Zr/c4*1-6-2-4-7(5-3-6)8(9)10;;;;/h4*2-5H,1H3,(H2,9,10);2*1H;;/q;;;;;;2*+3/p-6. The summed E-state index contributed by atoms with van der Waals surface area (Å²) in [5, 5.41) is 0. The van der Waals surface area contributed by atoms with Crippen LogP contribution in [-0.2, 0) is 47.6 Å². The van der Waals surface area contributed by atoms with Gasteiger partial charge in [-0.1, -0.05) is 0 Å². The first-order chi connectivity index (χ1) is 20.1. The van der Waals surface area contributed by atoms with Gasteiger partial charge in [0.25, 0.3) is 0 Å². The second kappa shape index (κ2) is 19.6. The number of halogens is 2. The first kappa shape index (κ1) is 38.4. The van der Waals surface area contributed by atoms with Gasteiger partial charge in [-0.3, -0.25) is 0 Å². The monoisotopic (exact) mass is 754 g/mol. The maximum absolute atomic E-state index is 11.9. The third kappa shape index (κ3) is 12.9. The van der Waals surface area contributed by atoms with E-state index in [0.717, 1.165) is 22.3 Å². The third-order valence-corrected chi connectivity index (χ3v) is 9.42. The van der Waals surface area contributed by atoms with Gasteiger partial charge in [0, 0.05) is 0 Å². The molecule has 44 heavy (non-hydrogen) atoms. The molecule has 4 N–H and O–H groups in total. The maximum Gasteiger partial charge on any atom is -1.00 e. The predicted molar refractivity (Wildman–Crippen MR) is 155 cm³/mol. The molecule has 0 heterocycles. The SMILES string of the molecule is Cc1ccc(C(=O)[NH][Zr+][NH]C(=O)c2ccc(C)cc2)cc1.Cc1ccc(C(=O)[NH][Zr+][NH]C(=O)c2ccc(C)cc2)cc1.[F-].[F-]. The molecule has 0 aromatic heterocycles. The molecule has 4 amide bonds. The average molecular weight is 757 g/mol. The molecule has 12 heteroatoms. The number of nitrogens with one attached hydrogen (secondary N) is 4. The van der Waals surface area contributed by atoms with Crippen LogP contribution in [0.5, 0.6) is 0 Å². The van der Waals surface area contributed by atoms with Crippen molar-refractivity contribution in [1.82, 2.24) is 13.0 Å². The summed E-state index contributed by atoms with van der Waals surface area (Å²) in [6, 6.07) is 29.4. The Balaban J connectivity index is 0.000000421. The van der Waals surface area contributed by atoms with Crippen molar-refractivity contribution in [3.05, 3.63) is 142 Å². The van der Waals surface area contributed by atoms with E-state index in [-0.39, 0.29) is 33.0 Å². The van der Waals surface area contributed by atoms with E-state index in [1.165, 1.54) is 0 Å². The molecule has 0 radical (unpaired) electrons. The van der Waals surface area contributed by atoms with Crippen LogP contribution in [0.2, 0.25) is 0 Å². The minimum atomic E-state index is -1.48. The van der Waals surface area contributed by atoms with Gasteiger partial charge in [0.05, 0.1) is 0 Å². The Morgan fingerprint density at radius 2 is 0.523 bits per heavy atom. The Hall–Kier alpha value is -3.61. The number of hydrogen-bond donors (Lipinski definition) is 4. The van der Waals surface area contributed by atoms with Gasteiger partial charge in [0.1, 0.15) is 0 Å². The van der Waals surface area contributed by atoms with Gasteiger partial charge in [-0.25, -0.2) is 0 Å². The number of hydrogen-bond acceptors (Lipinski definition) is 4. The van der Waals surface area contributed by atoms with Crippen molar-refractivity contribution in [1.29, 1.82) is 0 Å². The van der Waals surface area contributed by atoms with Crippen LogP contribution in [0.3, 0.4) is 0 Å². The quantitative estimate of drug-likeness (QED) is 0.180. The van der Waals surface area contributed by atoms with Crippen molar-refractivity contribution in [2.24, 2.45) is 0 Å². The van der Waals surface area contributed by atoms with Crippen LogP contribution in [0.25, 0.3) is 0 Å². The minimum Gasteiger partial charge on any atom is -1.00 e. The molecule has 4 rings (SSSR count). The van der Waals surface area contributed by atoms with Crippen LogP contribution in [0.1, 0.15) is 63.7 Å². The van der Waals surface area contributed by atoms with E-state index < -0.39 is 47.6 Å². The maximum atomic E-state index is 11.9. The Bertz CT molecular complexity index is 1290. The number of amides is 4. The van der Waals surface area contributed by atoms with Crippen LogP contribution in [0.4, 0.5) is 0 Å². The van der Waals surface area contributed by atoms with E-state index in [2.05, 4.69) is 13.0 Å². The van der Waals surface area contributed by atoms with Crippen LogP contribution in [0, 0.1) is 27.7 Å². The first-order valence-corrected chi connectivity index (χ1v) is 18.0. The summed E-state index contributed by atoms with van der Waals surface area (Å²) >= 11 is -2.96. The van der Waals surface area contributed by atoms with Crippen molar-refractivity contribution in [3.8, 4) is 0 Å². The van der Waals surface area contributed by atoms with Gasteiger partial charge in [0.2, 0.25) is 0 Å². The Morgan fingerprint density at radius 1 is 0.364 bits per heavy atom. The van der Waals surface area contributed by atoms with Crippen LogP contribution in [-0.4, -0.2) is 23.6 Å². The molecule has 4 aromatic carbocycles. The second-order valence-corrected chi connectivity index (χ2v) is 13.2. The van der Waals surface area contributed by atoms with Gasteiger partial charge in [-0.15, -0.1) is 0 Å². The fourth-order valence-electron chi connectivity index (χ4n) is 3.40. The fraction of sp³-hybridized carbons (Fsp3) is 0.125. The smallest absolute Gasteiger partial charge is 1.00 e. The van der Waals surface area contributed by atoms with E-state index >= 15 is 0 Å². The van der Waals surface area contributed by atoms with Gasteiger partial charge in [-0.05, 0) is 0 Å². The van der Waals surface area contributed by atoms with E-state index in [9.17, 15) is 19.2 Å². The van der Waals surface area contributed by atoms with E-state index in [1.807, 2.05) is 76.2 Å². The molecule has 0 aliphatic carbocycles. The molecule has 4 aromatic rings. The number of carbonyl (C=O) groups excluding carboxylic acids is 4. The average Bonchev–Trinajstić information content (AvgIpc) is 2.98. The Labute approximate surface area is 280 Å². The van der Waals surface area contributed by atoms with Crippen molar-refractivity contribution >= 4 is 23.6 Å². The van der Waals surface area contributed by atoms with Crippen molar-refractivity contribution < 1.29 is 76.2 Å². The number of carbonyl (C=O) groups is 4. The van der Waals surface area contributed by atoms with Crippen molar-refractivity contribution in [3.63, 3.8) is 0 Å². The zero-order chi connectivity index (χ0) is 30.5. The summed E-state index contributed by atoms with van der Waals surface area (Å²) in [5.74, 6) is -0.534. The fourth-order valence-corrected chi connectivity index (χ4v) is 6.24. The van der Waals surface area contributed by atoms with Crippen molar-refractivity contribution in [2.45, 2.75) is 27.7 Å². The summed E-state index contributed by atoms with van der Waals surface area (Å²) in [6.45, 7) is 7.89. The first-order valence-electron chi connectivity index (χ1n) is 13.1. The molecule has 0 aliphatic rings. The van der Waals surface area contributed by atoms with Gasteiger partial charge in [0.15, 0.2) is 0 Å². The minimum absolute atomic E-state index is 0. The molecular weight excluding hydrogens is 725 g/mol. The third-order valence-electron chi connectivity index (χ3n) is 5.96. The Kier molecular flexibility index (Phi) is 17.1. The molecular formula is C32H32F2N4O4Zr2. The summed E-state index contributed by atoms with van der Waals surface area (Å²) in [4.78, 5) is 47.6. The number of aryl methyl sites for hydroxylation is 4. The molecule has 0 aliphatic heterocycles. The van der Waals surface area contributed by atoms with Crippen LogP contribution in [0.15, 0.2) is 97.1 Å². The largest absolute Gasteiger partial charge is 1.00 e. The summed E-state index contributed by atoms with van der Waals surface area (Å²) in [7, 11) is 0. The van der Waals surface area contributed by atoms with Gasteiger partial charge >= 0.3 is 273 Å². The van der Waals surface area contributed by atoms with Crippen LogP contribution < -0.4 is 22.5 Å². The molecule has 0 atom stereocenters. The summed E-state index contributed by atoms with van der Waals surface area (Å²) in [5.41, 5.74) is 6.91. The van der Waals surface area contributed by atoms with Gasteiger partial charge in [-0.2, -0.15) is 0 Å². The molecule has 8 nitrogen and oxygen atoms in total. The second-order valence-electron chi connectivity index (χ2n) is 9.53. The number of benzene rings is 4. The predicted octanol–water partition coefficient (Wildman–Crippen LogP) is -1.24. The molecule has 226 valence electrons. The molecule has 0 unspecified atom stereocenters. The Morgan fingerprint density at radius 3 is 0.682 bits per heavy atom. The van der Waals surface area contributed by atoms with E-state index in [0.29, 0.717) is 22.3 Å². The topological polar surface area (TPSA) is 116 Å². The molecule has 0 fully saturated rings. The molecule has 0 spiro atoms. The zero-order valence-electron chi connectivity index (χ0n) is 24.6. The zero-order valence-corrected chi connectivity index (χ0v) is 29.5. The van der Waals surface area contributed by atoms with E-state index in [1.54, 1.807) is 48.5 Å². The van der Waals surface area contributed by atoms with E-state index in [4.69, 9.17) is 0 Å². The normalized spacial score (nSPS) is 9.18. The number of rotatable bonds is 8. The molecule has 0 saturated heterocycles. The van der Waals surface area contributed by atoms with Gasteiger partial charge < -0.3 is 9.41 Å². The summed E-state index contributed by atoms with van der Waals surface area (Å²) in [6.07, 6.45) is 0.